The van der Waals surface area contributed by atoms with Crippen molar-refractivity contribution >= 4 is 11.8 Å². The van der Waals surface area contributed by atoms with Gasteiger partial charge in [-0.05, 0) is 30.3 Å². The van der Waals surface area contributed by atoms with Crippen LogP contribution in [0.2, 0.25) is 0 Å². The fourth-order valence-corrected chi connectivity index (χ4v) is 1.91. The third-order valence-electron chi connectivity index (χ3n) is 3.08. The van der Waals surface area contributed by atoms with Gasteiger partial charge in [-0.25, -0.2) is 4.79 Å². The second kappa shape index (κ2) is 6.09. The number of rotatable bonds is 3. The Balaban J connectivity index is 1.71. The molecule has 0 saturated carbocycles. The Kier molecular flexibility index (Phi) is 3.82. The number of hydrogen-bond acceptors (Lipinski definition) is 4. The number of nitrogens with zero attached hydrogens (tertiary/aromatic N) is 4. The summed E-state index contributed by atoms with van der Waals surface area (Å²) < 4.78 is 0. The molecule has 0 saturated heterocycles. The van der Waals surface area contributed by atoms with E-state index in [1.165, 1.54) is 4.90 Å². The summed E-state index contributed by atoms with van der Waals surface area (Å²) >= 11 is 0. The topological polar surface area (TPSA) is 60.2 Å². The molecule has 0 aliphatic carbocycles. The van der Waals surface area contributed by atoms with Gasteiger partial charge < -0.3 is 0 Å². The molecule has 0 N–H and O–H groups in total. The van der Waals surface area contributed by atoms with Gasteiger partial charge in [0.05, 0.1) is 11.9 Å². The fraction of sp³-hybridized carbons (Fsp3) is 0.0625. The Labute approximate surface area is 127 Å². The lowest BCUT2D eigenvalue weighted by Gasteiger charge is -2.15. The molecule has 2 heterocycles. The number of pyridine rings is 1. The molecular formula is C16H14N4O2. The summed E-state index contributed by atoms with van der Waals surface area (Å²) in [6.45, 7) is 0. The maximum Gasteiger partial charge on any atom is 0.440 e. The van der Waals surface area contributed by atoms with Crippen molar-refractivity contribution in [3.05, 3.63) is 67.0 Å². The molecule has 0 atom stereocenters. The second-order valence-corrected chi connectivity index (χ2v) is 4.57. The Morgan fingerprint density at radius 1 is 1.05 bits per heavy atom. The molecule has 6 heteroatoms. The minimum Gasteiger partial charge on any atom is -0.299 e. The van der Waals surface area contributed by atoms with Crippen LogP contribution in [0.25, 0.3) is 11.4 Å². The van der Waals surface area contributed by atoms with E-state index in [0.717, 1.165) is 10.5 Å². The second-order valence-electron chi connectivity index (χ2n) is 4.57. The van der Waals surface area contributed by atoms with Crippen molar-refractivity contribution < 1.29 is 9.63 Å². The molecule has 3 aromatic rings. The number of benzene rings is 1. The Bertz CT molecular complexity index is 756. The SMILES string of the molecule is CN(C(=O)On1ccc(-c2ccccn2)n1)c1ccccc1. The van der Waals surface area contributed by atoms with E-state index in [1.54, 1.807) is 25.5 Å². The van der Waals surface area contributed by atoms with E-state index in [0.29, 0.717) is 11.4 Å². The fourth-order valence-electron chi connectivity index (χ4n) is 1.91. The average molecular weight is 294 g/mol. The van der Waals surface area contributed by atoms with Crippen LogP contribution in [0.4, 0.5) is 10.5 Å². The number of aromatic nitrogens is 3. The van der Waals surface area contributed by atoms with E-state index in [4.69, 9.17) is 4.84 Å². The highest BCUT2D eigenvalue weighted by Gasteiger charge is 2.14. The highest BCUT2D eigenvalue weighted by molar-refractivity contribution is 5.87. The molecule has 0 radical (unpaired) electrons. The molecule has 0 aliphatic rings. The number of para-hydroxylation sites is 1. The number of hydrogen-bond donors (Lipinski definition) is 0. The Morgan fingerprint density at radius 2 is 1.82 bits per heavy atom. The van der Waals surface area contributed by atoms with Crippen molar-refractivity contribution in [3.8, 4) is 11.4 Å². The number of carbonyl (C=O) groups is 1. The van der Waals surface area contributed by atoms with Crippen LogP contribution < -0.4 is 9.74 Å². The predicted octanol–water partition coefficient (Wildman–Crippen LogP) is 2.63. The lowest BCUT2D eigenvalue weighted by Crippen LogP contribution is -2.34. The van der Waals surface area contributed by atoms with Crippen molar-refractivity contribution in [2.75, 3.05) is 11.9 Å². The molecule has 0 spiro atoms. The van der Waals surface area contributed by atoms with E-state index in [1.807, 2.05) is 48.5 Å². The maximum atomic E-state index is 12.1. The van der Waals surface area contributed by atoms with E-state index >= 15 is 0 Å². The summed E-state index contributed by atoms with van der Waals surface area (Å²) in [5.74, 6) is 0. The van der Waals surface area contributed by atoms with Crippen LogP contribution in [0.1, 0.15) is 0 Å². The molecule has 22 heavy (non-hydrogen) atoms. The van der Waals surface area contributed by atoms with Gasteiger partial charge >= 0.3 is 6.09 Å². The lowest BCUT2D eigenvalue weighted by atomic mass is 10.3. The first-order valence-corrected chi connectivity index (χ1v) is 6.72. The van der Waals surface area contributed by atoms with Gasteiger partial charge in [-0.15, -0.1) is 5.10 Å². The number of anilines is 1. The molecule has 6 nitrogen and oxygen atoms in total. The van der Waals surface area contributed by atoms with Crippen molar-refractivity contribution in [2.24, 2.45) is 0 Å². The van der Waals surface area contributed by atoms with Gasteiger partial charge in [0.25, 0.3) is 0 Å². The Hall–Kier alpha value is -3.15. The zero-order chi connectivity index (χ0) is 15.4. The van der Waals surface area contributed by atoms with E-state index in [2.05, 4.69) is 10.1 Å². The maximum absolute atomic E-state index is 12.1. The summed E-state index contributed by atoms with van der Waals surface area (Å²) in [5, 5.41) is 4.18. The summed E-state index contributed by atoms with van der Waals surface area (Å²) in [7, 11) is 1.64. The molecule has 1 amide bonds. The van der Waals surface area contributed by atoms with Crippen LogP contribution in [0.5, 0.6) is 0 Å². The van der Waals surface area contributed by atoms with Gasteiger partial charge in [-0.1, -0.05) is 29.1 Å². The van der Waals surface area contributed by atoms with Gasteiger partial charge in [0, 0.05) is 18.9 Å². The standard InChI is InChI=1S/C16H14N4O2/c1-19(13-7-3-2-4-8-13)16(21)22-20-12-10-15(18-20)14-9-5-6-11-17-14/h2-12H,1H3. The third kappa shape index (κ3) is 2.95. The summed E-state index contributed by atoms with van der Waals surface area (Å²) in [6.07, 6.45) is 2.73. The van der Waals surface area contributed by atoms with Crippen LogP contribution in [0.3, 0.4) is 0 Å². The van der Waals surface area contributed by atoms with Crippen LogP contribution >= 0.6 is 0 Å². The molecule has 1 aromatic carbocycles. The zero-order valence-electron chi connectivity index (χ0n) is 12.0. The summed E-state index contributed by atoms with van der Waals surface area (Å²) in [5.41, 5.74) is 2.09. The van der Waals surface area contributed by atoms with Crippen molar-refractivity contribution in [1.82, 2.24) is 14.9 Å². The molecule has 0 fully saturated rings. The largest absolute Gasteiger partial charge is 0.440 e. The average Bonchev–Trinajstić information content (AvgIpc) is 3.04. The minimum atomic E-state index is -0.526. The molecule has 0 bridgehead atoms. The number of amides is 1. The van der Waals surface area contributed by atoms with Crippen LogP contribution in [0, 0.1) is 0 Å². The molecule has 3 rings (SSSR count). The third-order valence-corrected chi connectivity index (χ3v) is 3.08. The van der Waals surface area contributed by atoms with Crippen LogP contribution in [0.15, 0.2) is 67.0 Å². The molecule has 0 unspecified atom stereocenters. The monoisotopic (exact) mass is 294 g/mol. The van der Waals surface area contributed by atoms with E-state index in [9.17, 15) is 4.79 Å². The van der Waals surface area contributed by atoms with Gasteiger partial charge in [-0.3, -0.25) is 14.7 Å². The summed E-state index contributed by atoms with van der Waals surface area (Å²) in [6, 6.07) is 16.5. The number of carbonyl (C=O) groups excluding carboxylic acids is 1. The van der Waals surface area contributed by atoms with Gasteiger partial charge in [0.1, 0.15) is 5.69 Å². The highest BCUT2D eigenvalue weighted by Crippen LogP contribution is 2.13. The minimum absolute atomic E-state index is 0.526. The van der Waals surface area contributed by atoms with Crippen LogP contribution in [-0.4, -0.2) is 28.1 Å². The highest BCUT2D eigenvalue weighted by atomic mass is 16.7. The van der Waals surface area contributed by atoms with E-state index < -0.39 is 6.09 Å². The lowest BCUT2D eigenvalue weighted by molar-refractivity contribution is 0.124. The smallest absolute Gasteiger partial charge is 0.299 e. The van der Waals surface area contributed by atoms with E-state index in [-0.39, 0.29) is 0 Å². The molecular weight excluding hydrogens is 280 g/mol. The molecule has 2 aromatic heterocycles. The first-order chi connectivity index (χ1) is 10.7. The first kappa shape index (κ1) is 13.8. The zero-order valence-corrected chi connectivity index (χ0v) is 12.0. The van der Waals surface area contributed by atoms with Crippen molar-refractivity contribution in [3.63, 3.8) is 0 Å². The predicted molar refractivity (Wildman–Crippen MR) is 82.3 cm³/mol. The van der Waals surface area contributed by atoms with Gasteiger partial charge in [0.2, 0.25) is 0 Å². The molecule has 110 valence electrons. The molecule has 0 aliphatic heterocycles. The Morgan fingerprint density at radius 3 is 2.55 bits per heavy atom. The first-order valence-electron chi connectivity index (χ1n) is 6.72. The quantitative estimate of drug-likeness (QED) is 0.745. The van der Waals surface area contributed by atoms with Gasteiger partial charge in [-0.2, -0.15) is 0 Å². The van der Waals surface area contributed by atoms with Crippen molar-refractivity contribution in [2.45, 2.75) is 0 Å². The normalized spacial score (nSPS) is 10.2. The summed E-state index contributed by atoms with van der Waals surface area (Å²) in [4.78, 5) is 24.0. The van der Waals surface area contributed by atoms with Gasteiger partial charge in [0.15, 0.2) is 0 Å². The van der Waals surface area contributed by atoms with Crippen molar-refractivity contribution in [1.29, 1.82) is 0 Å². The van der Waals surface area contributed by atoms with Crippen LogP contribution in [-0.2, 0) is 0 Å².